The summed E-state index contributed by atoms with van der Waals surface area (Å²) in [6.45, 7) is 6.02. The highest BCUT2D eigenvalue weighted by Crippen LogP contribution is 2.26. The monoisotopic (exact) mass is 536 g/mol. The number of hydrogen-bond acceptors (Lipinski definition) is 4. The molecule has 4 nitrogen and oxygen atoms in total. The van der Waals surface area contributed by atoms with Crippen molar-refractivity contribution in [3.05, 3.63) is 70.8 Å². The maximum atomic E-state index is 12.7. The molecule has 0 bridgehead atoms. The van der Waals surface area contributed by atoms with Gasteiger partial charge < -0.3 is 15.0 Å². The number of carbonyl (C=O) groups excluding carboxylic acids is 1. The Morgan fingerprint density at radius 3 is 2.13 bits per heavy atom. The van der Waals surface area contributed by atoms with E-state index in [1.54, 1.807) is 0 Å². The topological polar surface area (TPSA) is 41.6 Å². The summed E-state index contributed by atoms with van der Waals surface area (Å²) in [7, 11) is 0. The maximum Gasteiger partial charge on any atom is 0.228 e. The normalized spacial score (nSPS) is 13.0. The number of rotatable bonds is 19. The van der Waals surface area contributed by atoms with Crippen LogP contribution >= 0.6 is 11.8 Å². The van der Waals surface area contributed by atoms with E-state index in [1.165, 1.54) is 81.1 Å². The Morgan fingerprint density at radius 2 is 1.50 bits per heavy atom. The van der Waals surface area contributed by atoms with Gasteiger partial charge in [0.05, 0.1) is 18.9 Å². The number of carbonyl (C=O) groups is 1. The standard InChI is InChI=1S/C33H48N2O2S/c1-3-4-5-6-7-8-9-10-11-12-13-16-23-37-32-18-15-14-17-30(32)24-33(36)34-31-21-19-29(20-22-31)26-35-25-28(2)38-27-35/h14-15,17-22,25H,3-13,16,23-24,26-27H2,1-2H3,(H,34,36). The lowest BCUT2D eigenvalue weighted by Gasteiger charge is -2.15. The lowest BCUT2D eigenvalue weighted by molar-refractivity contribution is -0.115. The average molecular weight is 537 g/mol. The molecule has 0 atom stereocenters. The summed E-state index contributed by atoms with van der Waals surface area (Å²) in [6, 6.07) is 16.1. The van der Waals surface area contributed by atoms with E-state index >= 15 is 0 Å². The molecule has 2 aromatic rings. The molecule has 0 fully saturated rings. The van der Waals surface area contributed by atoms with Gasteiger partial charge in [-0.15, -0.1) is 11.8 Å². The Labute approximate surface area is 235 Å². The summed E-state index contributed by atoms with van der Waals surface area (Å²) in [5.41, 5.74) is 3.01. The second kappa shape index (κ2) is 18.0. The lowest BCUT2D eigenvalue weighted by atomic mass is 10.1. The van der Waals surface area contributed by atoms with Crippen LogP contribution in [-0.4, -0.2) is 23.3 Å². The first kappa shape index (κ1) is 30.1. The number of nitrogens with zero attached hydrogens (tertiary/aromatic N) is 1. The largest absolute Gasteiger partial charge is 0.493 e. The molecule has 38 heavy (non-hydrogen) atoms. The predicted molar refractivity (Wildman–Crippen MR) is 164 cm³/mol. The van der Waals surface area contributed by atoms with Crippen molar-refractivity contribution >= 4 is 23.4 Å². The number of para-hydroxylation sites is 1. The van der Waals surface area contributed by atoms with E-state index in [0.29, 0.717) is 13.0 Å². The molecule has 0 spiro atoms. The average Bonchev–Trinajstić information content (AvgIpc) is 3.33. The predicted octanol–water partition coefficient (Wildman–Crippen LogP) is 9.32. The molecule has 3 rings (SSSR count). The van der Waals surface area contributed by atoms with Gasteiger partial charge >= 0.3 is 0 Å². The summed E-state index contributed by atoms with van der Waals surface area (Å²) in [5, 5.41) is 3.04. The first-order valence-corrected chi connectivity index (χ1v) is 15.8. The van der Waals surface area contributed by atoms with Crippen LogP contribution in [0.25, 0.3) is 0 Å². The minimum Gasteiger partial charge on any atom is -0.493 e. The van der Waals surface area contributed by atoms with Crippen molar-refractivity contribution in [3.63, 3.8) is 0 Å². The second-order valence-electron chi connectivity index (χ2n) is 10.5. The summed E-state index contributed by atoms with van der Waals surface area (Å²) in [6.07, 6.45) is 18.5. The number of anilines is 1. The third kappa shape index (κ3) is 12.0. The molecular formula is C33H48N2O2S. The first-order chi connectivity index (χ1) is 18.6. The van der Waals surface area contributed by atoms with Crippen LogP contribution in [-0.2, 0) is 17.8 Å². The molecule has 1 amide bonds. The van der Waals surface area contributed by atoms with E-state index in [9.17, 15) is 4.79 Å². The zero-order chi connectivity index (χ0) is 26.8. The Kier molecular flexibility index (Phi) is 14.3. The van der Waals surface area contributed by atoms with Crippen molar-refractivity contribution in [2.24, 2.45) is 0 Å². The number of benzene rings is 2. The van der Waals surface area contributed by atoms with Gasteiger partial charge in [-0.3, -0.25) is 4.79 Å². The van der Waals surface area contributed by atoms with Gasteiger partial charge in [0.1, 0.15) is 5.75 Å². The van der Waals surface area contributed by atoms with Gasteiger partial charge in [-0.25, -0.2) is 0 Å². The van der Waals surface area contributed by atoms with Gasteiger partial charge in [0.25, 0.3) is 0 Å². The Balaban J connectivity index is 1.29. The molecule has 0 radical (unpaired) electrons. The molecule has 0 aromatic heterocycles. The van der Waals surface area contributed by atoms with E-state index in [2.05, 4.69) is 42.4 Å². The van der Waals surface area contributed by atoms with E-state index in [4.69, 9.17) is 4.74 Å². The zero-order valence-electron chi connectivity index (χ0n) is 23.7. The summed E-state index contributed by atoms with van der Waals surface area (Å²) < 4.78 is 6.08. The van der Waals surface area contributed by atoms with Gasteiger partial charge in [0.2, 0.25) is 5.91 Å². The van der Waals surface area contributed by atoms with Crippen LogP contribution in [0, 0.1) is 0 Å². The van der Waals surface area contributed by atoms with Crippen molar-refractivity contribution in [3.8, 4) is 5.75 Å². The summed E-state index contributed by atoms with van der Waals surface area (Å²) in [4.78, 5) is 16.4. The second-order valence-corrected chi connectivity index (χ2v) is 11.7. The van der Waals surface area contributed by atoms with Gasteiger partial charge in [0.15, 0.2) is 0 Å². The zero-order valence-corrected chi connectivity index (χ0v) is 24.5. The third-order valence-electron chi connectivity index (χ3n) is 7.02. The smallest absolute Gasteiger partial charge is 0.228 e. The Hall–Kier alpha value is -2.40. The fraction of sp³-hybridized carbons (Fsp3) is 0.545. The van der Waals surface area contributed by atoms with Gasteiger partial charge in [0, 0.05) is 24.0 Å². The van der Waals surface area contributed by atoms with Crippen LogP contribution in [0.15, 0.2) is 59.6 Å². The number of amides is 1. The number of unbranched alkanes of at least 4 members (excludes halogenated alkanes) is 11. The van der Waals surface area contributed by atoms with E-state index in [0.717, 1.165) is 35.8 Å². The Morgan fingerprint density at radius 1 is 0.868 bits per heavy atom. The van der Waals surface area contributed by atoms with Crippen LogP contribution in [0.5, 0.6) is 5.75 Å². The lowest BCUT2D eigenvalue weighted by Crippen LogP contribution is -2.15. The van der Waals surface area contributed by atoms with Crippen molar-refractivity contribution in [1.29, 1.82) is 0 Å². The quantitative estimate of drug-likeness (QED) is 0.182. The van der Waals surface area contributed by atoms with E-state index in [1.807, 2.05) is 48.2 Å². The van der Waals surface area contributed by atoms with Gasteiger partial charge in [-0.1, -0.05) is 108 Å². The fourth-order valence-electron chi connectivity index (χ4n) is 4.83. The number of hydrogen-bond donors (Lipinski definition) is 1. The van der Waals surface area contributed by atoms with Gasteiger partial charge in [-0.05, 0) is 42.0 Å². The minimum absolute atomic E-state index is 0.0198. The summed E-state index contributed by atoms with van der Waals surface area (Å²) in [5.74, 6) is 1.81. The van der Waals surface area contributed by atoms with Crippen LogP contribution in [0.1, 0.15) is 102 Å². The first-order valence-electron chi connectivity index (χ1n) is 14.8. The molecule has 1 heterocycles. The van der Waals surface area contributed by atoms with Crippen molar-refractivity contribution in [2.45, 2.75) is 104 Å². The fourth-order valence-corrected chi connectivity index (χ4v) is 5.59. The minimum atomic E-state index is -0.0198. The van der Waals surface area contributed by atoms with E-state index < -0.39 is 0 Å². The Bertz CT molecular complexity index is 973. The van der Waals surface area contributed by atoms with Crippen molar-refractivity contribution < 1.29 is 9.53 Å². The highest BCUT2D eigenvalue weighted by molar-refractivity contribution is 8.03. The molecule has 208 valence electrons. The van der Waals surface area contributed by atoms with Crippen LogP contribution in [0.4, 0.5) is 5.69 Å². The van der Waals surface area contributed by atoms with Crippen LogP contribution in [0.2, 0.25) is 0 Å². The molecule has 0 unspecified atom stereocenters. The molecule has 1 aliphatic heterocycles. The molecule has 1 aliphatic rings. The number of allylic oxidation sites excluding steroid dienone is 1. The van der Waals surface area contributed by atoms with Crippen LogP contribution < -0.4 is 10.1 Å². The maximum absolute atomic E-state index is 12.7. The molecule has 0 aliphatic carbocycles. The molecule has 0 saturated carbocycles. The van der Waals surface area contributed by atoms with Crippen LogP contribution in [0.3, 0.4) is 0 Å². The van der Waals surface area contributed by atoms with E-state index in [-0.39, 0.29) is 5.91 Å². The highest BCUT2D eigenvalue weighted by Gasteiger charge is 2.11. The SMILES string of the molecule is CCCCCCCCCCCCCCOc1ccccc1CC(=O)Nc1ccc(CN2C=C(C)SC2)cc1. The van der Waals surface area contributed by atoms with Crippen molar-refractivity contribution in [1.82, 2.24) is 4.90 Å². The van der Waals surface area contributed by atoms with Gasteiger partial charge in [-0.2, -0.15) is 0 Å². The number of thioether (sulfide) groups is 1. The number of nitrogens with one attached hydrogen (secondary N) is 1. The molecule has 1 N–H and O–H groups in total. The third-order valence-corrected chi connectivity index (χ3v) is 8.05. The molecule has 2 aromatic carbocycles. The molecule has 5 heteroatoms. The highest BCUT2D eigenvalue weighted by atomic mass is 32.2. The number of ether oxygens (including phenoxy) is 1. The summed E-state index contributed by atoms with van der Waals surface area (Å²) >= 11 is 1.87. The molecule has 0 saturated heterocycles. The van der Waals surface area contributed by atoms with Crippen molar-refractivity contribution in [2.75, 3.05) is 17.8 Å². The molecular weight excluding hydrogens is 488 g/mol.